The Kier molecular flexibility index (Phi) is 5.52. The monoisotopic (exact) mass is 434 g/mol. The van der Waals surface area contributed by atoms with Gasteiger partial charge in [0.25, 0.3) is 10.0 Å². The van der Waals surface area contributed by atoms with Gasteiger partial charge in [0, 0.05) is 23.5 Å². The van der Waals surface area contributed by atoms with Crippen LogP contribution in [0, 0.1) is 6.92 Å². The number of nitrogens with one attached hydrogen (secondary N) is 1. The van der Waals surface area contributed by atoms with Gasteiger partial charge in [0.15, 0.2) is 4.91 Å². The summed E-state index contributed by atoms with van der Waals surface area (Å²) >= 11 is 0. The molecule has 1 N–H and O–H groups in total. The lowest BCUT2D eigenvalue weighted by Gasteiger charge is -2.31. The van der Waals surface area contributed by atoms with Gasteiger partial charge in [-0.3, -0.25) is 9.10 Å². The molecule has 0 atom stereocenters. The summed E-state index contributed by atoms with van der Waals surface area (Å²) in [5.74, 6) is 0.0822. The third-order valence-electron chi connectivity index (χ3n) is 5.10. The first-order chi connectivity index (χ1) is 14.9. The van der Waals surface area contributed by atoms with Crippen molar-refractivity contribution in [3.8, 4) is 5.75 Å². The van der Waals surface area contributed by atoms with Gasteiger partial charge in [-0.15, -0.1) is 0 Å². The first kappa shape index (κ1) is 20.7. The van der Waals surface area contributed by atoms with Crippen LogP contribution in [-0.2, 0) is 16.6 Å². The van der Waals surface area contributed by atoms with Gasteiger partial charge < -0.3 is 10.1 Å². The lowest BCUT2D eigenvalue weighted by atomic mass is 10.1. The van der Waals surface area contributed by atoms with Crippen molar-refractivity contribution >= 4 is 27.2 Å². The largest absolute Gasteiger partial charge is 0.497 e. The van der Waals surface area contributed by atoms with Crippen LogP contribution in [0.25, 0.3) is 0 Å². The van der Waals surface area contributed by atoms with Crippen LogP contribution < -0.4 is 14.4 Å². The van der Waals surface area contributed by atoms with Crippen molar-refractivity contribution in [3.63, 3.8) is 0 Å². The van der Waals surface area contributed by atoms with Crippen LogP contribution in [0.1, 0.15) is 21.5 Å². The molecule has 0 amide bonds. The Hall–Kier alpha value is -3.58. The molecule has 6 nitrogen and oxygen atoms in total. The highest BCUT2D eigenvalue weighted by Gasteiger charge is 2.40. The van der Waals surface area contributed by atoms with Gasteiger partial charge in [0.1, 0.15) is 5.75 Å². The van der Waals surface area contributed by atoms with Gasteiger partial charge in [0.2, 0.25) is 5.78 Å². The molecule has 7 heteroatoms. The van der Waals surface area contributed by atoms with E-state index in [1.165, 1.54) is 10.5 Å². The highest BCUT2D eigenvalue weighted by atomic mass is 32.2. The van der Waals surface area contributed by atoms with E-state index in [2.05, 4.69) is 5.32 Å². The third-order valence-corrected chi connectivity index (χ3v) is 6.86. The Labute approximate surface area is 181 Å². The Balaban J connectivity index is 1.76. The molecule has 1 aliphatic heterocycles. The van der Waals surface area contributed by atoms with Gasteiger partial charge in [-0.2, -0.15) is 0 Å². The number of benzene rings is 3. The molecule has 0 spiro atoms. The Morgan fingerprint density at radius 3 is 2.48 bits per heavy atom. The van der Waals surface area contributed by atoms with Crippen molar-refractivity contribution in [2.45, 2.75) is 13.5 Å². The van der Waals surface area contributed by atoms with E-state index in [9.17, 15) is 13.2 Å². The minimum Gasteiger partial charge on any atom is -0.497 e. The molecule has 1 heterocycles. The summed E-state index contributed by atoms with van der Waals surface area (Å²) in [6.45, 7) is 2.10. The Morgan fingerprint density at radius 1 is 1.00 bits per heavy atom. The van der Waals surface area contributed by atoms with Crippen LogP contribution in [0.4, 0.5) is 11.4 Å². The second-order valence-electron chi connectivity index (χ2n) is 7.23. The number of anilines is 2. The molecule has 0 saturated heterocycles. The maximum Gasteiger partial charge on any atom is 0.270 e. The number of Topliss-reactive ketones (excluding diaryl/α,β-unsaturated/α-hetero) is 1. The molecule has 3 aromatic rings. The summed E-state index contributed by atoms with van der Waals surface area (Å²) in [5.41, 5.74) is 3.26. The molecule has 0 aliphatic carbocycles. The molecule has 1 aliphatic rings. The van der Waals surface area contributed by atoms with Crippen molar-refractivity contribution < 1.29 is 17.9 Å². The number of ketones is 1. The number of fused-ring (bicyclic) bond motifs is 1. The van der Waals surface area contributed by atoms with Crippen molar-refractivity contribution in [1.82, 2.24) is 0 Å². The minimum absolute atomic E-state index is 0.128. The van der Waals surface area contributed by atoms with Crippen LogP contribution in [0.5, 0.6) is 5.75 Å². The Morgan fingerprint density at radius 2 is 1.74 bits per heavy atom. The summed E-state index contributed by atoms with van der Waals surface area (Å²) in [6.07, 6.45) is 1.25. The molecule has 0 unspecified atom stereocenters. The highest BCUT2D eigenvalue weighted by molar-refractivity contribution is 7.97. The number of rotatable bonds is 5. The quantitative estimate of drug-likeness (QED) is 0.599. The second kappa shape index (κ2) is 8.28. The van der Waals surface area contributed by atoms with E-state index in [0.717, 1.165) is 11.1 Å². The highest BCUT2D eigenvalue weighted by Crippen LogP contribution is 2.36. The Bertz CT molecular complexity index is 1260. The second-order valence-corrected chi connectivity index (χ2v) is 9.06. The summed E-state index contributed by atoms with van der Waals surface area (Å²) in [6, 6.07) is 21.4. The lowest BCUT2D eigenvalue weighted by molar-refractivity contribution is 0.104. The minimum atomic E-state index is -4.07. The first-order valence-corrected chi connectivity index (χ1v) is 11.2. The summed E-state index contributed by atoms with van der Waals surface area (Å²) in [5, 5.41) is 2.93. The fourth-order valence-corrected chi connectivity index (χ4v) is 4.94. The van der Waals surface area contributed by atoms with Gasteiger partial charge in [-0.1, -0.05) is 48.0 Å². The number of para-hydroxylation sites is 1. The van der Waals surface area contributed by atoms with Crippen LogP contribution >= 0.6 is 0 Å². The third kappa shape index (κ3) is 4.04. The normalized spacial score (nSPS) is 16.1. The van der Waals surface area contributed by atoms with E-state index in [0.29, 0.717) is 22.7 Å². The van der Waals surface area contributed by atoms with E-state index >= 15 is 0 Å². The van der Waals surface area contributed by atoms with Crippen LogP contribution in [0.3, 0.4) is 0 Å². The fraction of sp³-hybridized carbons (Fsp3) is 0.125. The van der Waals surface area contributed by atoms with Crippen molar-refractivity contribution in [2.24, 2.45) is 0 Å². The zero-order valence-electron chi connectivity index (χ0n) is 17.2. The maximum absolute atomic E-state index is 13.5. The first-order valence-electron chi connectivity index (χ1n) is 9.73. The standard InChI is InChI=1S/C24H22N2O4S/c1-17-10-12-18(13-11-17)16-26-22-9-4-3-8-21(22)24(27)23(31(26,28)29)15-25-19-6-5-7-20(14-19)30-2/h3-15,25H,16H2,1-2H3/b23-15+. The number of methoxy groups -OCH3 is 1. The molecular weight excluding hydrogens is 412 g/mol. The van der Waals surface area contributed by atoms with Crippen molar-refractivity contribution in [1.29, 1.82) is 0 Å². The zero-order valence-corrected chi connectivity index (χ0v) is 18.0. The number of hydrogen-bond donors (Lipinski definition) is 1. The van der Waals surface area contributed by atoms with Crippen LogP contribution in [0.15, 0.2) is 83.9 Å². The van der Waals surface area contributed by atoms with Crippen molar-refractivity contribution in [2.75, 3.05) is 16.7 Å². The summed E-state index contributed by atoms with van der Waals surface area (Å²) in [7, 11) is -2.52. The van der Waals surface area contributed by atoms with E-state index < -0.39 is 15.8 Å². The molecule has 31 heavy (non-hydrogen) atoms. The molecule has 0 aromatic heterocycles. The average Bonchev–Trinajstić information content (AvgIpc) is 2.78. The number of aryl methyl sites for hydroxylation is 1. The number of hydrogen-bond acceptors (Lipinski definition) is 5. The number of nitrogens with zero attached hydrogens (tertiary/aromatic N) is 1. The molecular formula is C24H22N2O4S. The van der Waals surface area contributed by atoms with Gasteiger partial charge in [-0.05, 0) is 36.8 Å². The smallest absolute Gasteiger partial charge is 0.270 e. The number of allylic oxidation sites excluding steroid dienone is 1. The average molecular weight is 435 g/mol. The number of ether oxygens (including phenoxy) is 1. The molecule has 0 saturated carbocycles. The SMILES string of the molecule is COc1cccc(N/C=C2\C(=O)c3ccccc3N(Cc3ccc(C)cc3)S2(=O)=O)c1. The molecule has 3 aromatic carbocycles. The van der Waals surface area contributed by atoms with E-state index in [1.54, 1.807) is 55.6 Å². The topological polar surface area (TPSA) is 75.7 Å². The molecule has 158 valence electrons. The summed E-state index contributed by atoms with van der Waals surface area (Å²) < 4.78 is 33.4. The van der Waals surface area contributed by atoms with Gasteiger partial charge in [0.05, 0.1) is 19.3 Å². The summed E-state index contributed by atoms with van der Waals surface area (Å²) in [4.78, 5) is 12.8. The predicted octanol–water partition coefficient (Wildman–Crippen LogP) is 4.49. The predicted molar refractivity (Wildman–Crippen MR) is 122 cm³/mol. The molecule has 4 rings (SSSR count). The maximum atomic E-state index is 13.5. The number of carbonyl (C=O) groups is 1. The molecule has 0 fully saturated rings. The van der Waals surface area contributed by atoms with Gasteiger partial charge in [-0.25, -0.2) is 8.42 Å². The van der Waals surface area contributed by atoms with Gasteiger partial charge >= 0.3 is 0 Å². The molecule has 0 bridgehead atoms. The van der Waals surface area contributed by atoms with E-state index in [4.69, 9.17) is 4.74 Å². The molecule has 0 radical (unpaired) electrons. The van der Waals surface area contributed by atoms with Crippen LogP contribution in [0.2, 0.25) is 0 Å². The number of carbonyl (C=O) groups excluding carboxylic acids is 1. The number of sulfonamides is 1. The zero-order chi connectivity index (χ0) is 22.0. The fourth-order valence-electron chi connectivity index (χ4n) is 3.41. The lowest BCUT2D eigenvalue weighted by Crippen LogP contribution is -2.39. The van der Waals surface area contributed by atoms with E-state index in [1.807, 2.05) is 31.2 Å². The van der Waals surface area contributed by atoms with E-state index in [-0.39, 0.29) is 11.4 Å². The van der Waals surface area contributed by atoms with Crippen molar-refractivity contribution in [3.05, 3.63) is 101 Å². The van der Waals surface area contributed by atoms with Crippen LogP contribution in [-0.4, -0.2) is 21.3 Å².